The van der Waals surface area contributed by atoms with Crippen LogP contribution in [0.1, 0.15) is 6.92 Å². The highest BCUT2D eigenvalue weighted by atomic mass is 32.2. The van der Waals surface area contributed by atoms with Gasteiger partial charge >= 0.3 is 0 Å². The van der Waals surface area contributed by atoms with Gasteiger partial charge in [-0.25, -0.2) is 0 Å². The number of likely N-dealkylation sites (N-methyl/N-ethyl adjacent to an activating group) is 1. The average Bonchev–Trinajstić information content (AvgIpc) is 2.53. The van der Waals surface area contributed by atoms with E-state index in [0.29, 0.717) is 13.1 Å². The molecule has 2 aliphatic rings. The van der Waals surface area contributed by atoms with Crippen molar-refractivity contribution in [3.63, 3.8) is 0 Å². The number of benzene rings is 1. The Morgan fingerprint density at radius 1 is 1.14 bits per heavy atom. The first-order chi connectivity index (χ1) is 10.4. The third-order valence-corrected chi connectivity index (χ3v) is 5.77. The molecule has 2 heterocycles. The number of nitrogens with zero attached hydrogens (tertiary/aromatic N) is 3. The van der Waals surface area contributed by atoms with Crippen molar-refractivity contribution in [3.05, 3.63) is 24.3 Å². The number of anilines is 1. The van der Waals surface area contributed by atoms with Crippen LogP contribution in [0.15, 0.2) is 29.2 Å². The normalized spacial score (nSPS) is 26.0. The lowest BCUT2D eigenvalue weighted by atomic mass is 10.1. The lowest BCUT2D eigenvalue weighted by molar-refractivity contribution is -0.139. The predicted molar refractivity (Wildman–Crippen MR) is 88.2 cm³/mol. The summed E-state index contributed by atoms with van der Waals surface area (Å²) in [6.07, 6.45) is 0. The number of amides is 2. The van der Waals surface area contributed by atoms with E-state index < -0.39 is 4.75 Å². The highest BCUT2D eigenvalue weighted by molar-refractivity contribution is 8.02. The van der Waals surface area contributed by atoms with E-state index in [9.17, 15) is 9.59 Å². The van der Waals surface area contributed by atoms with Gasteiger partial charge in [-0.05, 0) is 26.1 Å². The molecule has 0 bridgehead atoms. The Morgan fingerprint density at radius 2 is 1.77 bits per heavy atom. The number of para-hydroxylation sites is 1. The summed E-state index contributed by atoms with van der Waals surface area (Å²) in [6.45, 7) is 4.83. The molecule has 2 aliphatic heterocycles. The van der Waals surface area contributed by atoms with E-state index in [0.717, 1.165) is 23.7 Å². The second-order valence-electron chi connectivity index (χ2n) is 6.06. The molecule has 1 aromatic carbocycles. The van der Waals surface area contributed by atoms with Crippen LogP contribution in [0.4, 0.5) is 5.69 Å². The Morgan fingerprint density at radius 3 is 2.45 bits per heavy atom. The molecule has 5 nitrogen and oxygen atoms in total. The molecule has 2 amide bonds. The van der Waals surface area contributed by atoms with Gasteiger partial charge in [-0.3, -0.25) is 9.59 Å². The molecule has 1 fully saturated rings. The van der Waals surface area contributed by atoms with Gasteiger partial charge in [-0.15, -0.1) is 0 Å². The standard InChI is InChI=1S/C16H21N3O2S/c1-16(15(21)19-10-8-17(2)9-11-19)14(20)18(3)12-6-4-5-7-13(12)22-16/h4-7H,8-11H2,1-3H3/t16-/m1/s1. The summed E-state index contributed by atoms with van der Waals surface area (Å²) in [7, 11) is 3.80. The van der Waals surface area contributed by atoms with Gasteiger partial charge in [0.1, 0.15) is 0 Å². The van der Waals surface area contributed by atoms with E-state index in [-0.39, 0.29) is 11.8 Å². The molecule has 1 aromatic rings. The number of carbonyl (C=O) groups excluding carboxylic acids is 2. The summed E-state index contributed by atoms with van der Waals surface area (Å²) in [5.41, 5.74) is 0.876. The van der Waals surface area contributed by atoms with Crippen LogP contribution in [-0.4, -0.2) is 66.6 Å². The van der Waals surface area contributed by atoms with Gasteiger partial charge in [0.15, 0.2) is 4.75 Å². The van der Waals surface area contributed by atoms with Gasteiger partial charge < -0.3 is 14.7 Å². The van der Waals surface area contributed by atoms with Crippen LogP contribution < -0.4 is 4.90 Å². The maximum absolute atomic E-state index is 13.0. The van der Waals surface area contributed by atoms with Gasteiger partial charge in [-0.1, -0.05) is 23.9 Å². The quantitative estimate of drug-likeness (QED) is 0.732. The summed E-state index contributed by atoms with van der Waals surface area (Å²) < 4.78 is -1.07. The fourth-order valence-electron chi connectivity index (χ4n) is 2.96. The molecular formula is C16H21N3O2S. The molecule has 0 aromatic heterocycles. The zero-order valence-electron chi connectivity index (χ0n) is 13.2. The van der Waals surface area contributed by atoms with Crippen LogP contribution >= 0.6 is 11.8 Å². The van der Waals surface area contributed by atoms with Gasteiger partial charge in [0.25, 0.3) is 5.91 Å². The van der Waals surface area contributed by atoms with Crippen LogP contribution in [0.5, 0.6) is 0 Å². The fraction of sp³-hybridized carbons (Fsp3) is 0.500. The molecule has 0 saturated carbocycles. The van der Waals surface area contributed by atoms with Crippen molar-refractivity contribution in [1.29, 1.82) is 0 Å². The molecular weight excluding hydrogens is 298 g/mol. The van der Waals surface area contributed by atoms with Crippen molar-refractivity contribution < 1.29 is 9.59 Å². The zero-order valence-corrected chi connectivity index (χ0v) is 14.0. The maximum Gasteiger partial charge on any atom is 0.252 e. The topological polar surface area (TPSA) is 43.9 Å². The predicted octanol–water partition coefficient (Wildman–Crippen LogP) is 1.29. The number of thioether (sulfide) groups is 1. The molecule has 22 heavy (non-hydrogen) atoms. The molecule has 118 valence electrons. The second-order valence-corrected chi connectivity index (χ2v) is 7.52. The van der Waals surface area contributed by atoms with E-state index in [2.05, 4.69) is 4.90 Å². The molecule has 0 N–H and O–H groups in total. The number of piperazine rings is 1. The molecule has 0 radical (unpaired) electrons. The Hall–Kier alpha value is -1.53. The van der Waals surface area contributed by atoms with Gasteiger partial charge in [-0.2, -0.15) is 0 Å². The first-order valence-electron chi connectivity index (χ1n) is 7.47. The number of hydrogen-bond donors (Lipinski definition) is 0. The summed E-state index contributed by atoms with van der Waals surface area (Å²) in [5.74, 6) is -0.211. The van der Waals surface area contributed by atoms with Crippen molar-refractivity contribution in [2.24, 2.45) is 0 Å². The van der Waals surface area contributed by atoms with Crippen LogP contribution in [0.3, 0.4) is 0 Å². The molecule has 1 saturated heterocycles. The minimum Gasteiger partial charge on any atom is -0.338 e. The van der Waals surface area contributed by atoms with Crippen molar-refractivity contribution in [2.45, 2.75) is 16.6 Å². The first kappa shape index (κ1) is 15.4. The molecule has 0 spiro atoms. The summed E-state index contributed by atoms with van der Waals surface area (Å²) >= 11 is 1.38. The minimum absolute atomic E-state index is 0.0723. The largest absolute Gasteiger partial charge is 0.338 e. The lowest BCUT2D eigenvalue weighted by Gasteiger charge is -2.41. The third-order valence-electron chi connectivity index (χ3n) is 4.45. The monoisotopic (exact) mass is 319 g/mol. The van der Waals surface area contributed by atoms with E-state index in [4.69, 9.17) is 0 Å². The van der Waals surface area contributed by atoms with E-state index in [1.54, 1.807) is 18.9 Å². The zero-order chi connectivity index (χ0) is 15.9. The molecule has 6 heteroatoms. The van der Waals surface area contributed by atoms with Gasteiger partial charge in [0, 0.05) is 38.1 Å². The van der Waals surface area contributed by atoms with Crippen molar-refractivity contribution in [1.82, 2.24) is 9.80 Å². The van der Waals surface area contributed by atoms with Crippen LogP contribution in [0.25, 0.3) is 0 Å². The highest BCUT2D eigenvalue weighted by Crippen LogP contribution is 2.45. The Bertz CT molecular complexity index is 613. The van der Waals surface area contributed by atoms with Crippen molar-refractivity contribution >= 4 is 29.3 Å². The SMILES string of the molecule is CN1CCN(C(=O)[C@]2(C)Sc3ccccc3N(C)C2=O)CC1. The summed E-state index contributed by atoms with van der Waals surface area (Å²) in [4.78, 5) is 32.4. The molecule has 1 atom stereocenters. The number of carbonyl (C=O) groups is 2. The van der Waals surface area contributed by atoms with Gasteiger partial charge in [0.05, 0.1) is 5.69 Å². The van der Waals surface area contributed by atoms with E-state index in [1.165, 1.54) is 11.8 Å². The van der Waals surface area contributed by atoms with Gasteiger partial charge in [0.2, 0.25) is 5.91 Å². The second kappa shape index (κ2) is 5.59. The Kier molecular flexibility index (Phi) is 3.91. The van der Waals surface area contributed by atoms with Crippen molar-refractivity contribution in [2.75, 3.05) is 45.2 Å². The van der Waals surface area contributed by atoms with Crippen LogP contribution in [-0.2, 0) is 9.59 Å². The number of hydrogen-bond acceptors (Lipinski definition) is 4. The van der Waals surface area contributed by atoms with Crippen LogP contribution in [0, 0.1) is 0 Å². The first-order valence-corrected chi connectivity index (χ1v) is 8.29. The fourth-order valence-corrected chi connectivity index (χ4v) is 4.30. The Labute approximate surface area is 135 Å². The Balaban J connectivity index is 1.89. The maximum atomic E-state index is 13.0. The third kappa shape index (κ3) is 2.40. The highest BCUT2D eigenvalue weighted by Gasteiger charge is 2.50. The smallest absolute Gasteiger partial charge is 0.252 e. The summed E-state index contributed by atoms with van der Waals surface area (Å²) in [6, 6.07) is 7.74. The molecule has 0 unspecified atom stereocenters. The minimum atomic E-state index is -1.07. The average molecular weight is 319 g/mol. The van der Waals surface area contributed by atoms with Crippen molar-refractivity contribution in [3.8, 4) is 0 Å². The lowest BCUT2D eigenvalue weighted by Crippen LogP contribution is -2.59. The van der Waals surface area contributed by atoms with E-state index >= 15 is 0 Å². The van der Waals surface area contributed by atoms with Crippen LogP contribution in [0.2, 0.25) is 0 Å². The summed E-state index contributed by atoms with van der Waals surface area (Å²) in [5, 5.41) is 0. The van der Waals surface area contributed by atoms with E-state index in [1.807, 2.05) is 36.2 Å². The number of rotatable bonds is 1. The molecule has 3 rings (SSSR count). The molecule has 0 aliphatic carbocycles. The number of fused-ring (bicyclic) bond motifs is 1.